The molecule has 1 fully saturated rings. The minimum atomic E-state index is 0.335. The van der Waals surface area contributed by atoms with Gasteiger partial charge in [-0.2, -0.15) is 0 Å². The Balaban J connectivity index is 2.00. The lowest BCUT2D eigenvalue weighted by Crippen LogP contribution is -2.33. The molecule has 0 amide bonds. The largest absolute Gasteiger partial charge is 0.497 e. The van der Waals surface area contributed by atoms with E-state index in [0.717, 1.165) is 5.75 Å². The summed E-state index contributed by atoms with van der Waals surface area (Å²) in [6.07, 6.45) is 7.72. The van der Waals surface area contributed by atoms with Crippen molar-refractivity contribution >= 4 is 11.8 Å². The van der Waals surface area contributed by atoms with Crippen molar-refractivity contribution in [3.63, 3.8) is 0 Å². The second-order valence-electron chi connectivity index (χ2n) is 4.99. The molecule has 100 valence electrons. The van der Waals surface area contributed by atoms with Crippen molar-refractivity contribution in [1.29, 1.82) is 0 Å². The quantitative estimate of drug-likeness (QED) is 0.902. The third-order valence-corrected chi connectivity index (χ3v) is 5.00. The number of rotatable bonds is 3. The van der Waals surface area contributed by atoms with E-state index in [9.17, 15) is 0 Å². The molecule has 1 saturated carbocycles. The van der Waals surface area contributed by atoms with Crippen molar-refractivity contribution < 1.29 is 4.74 Å². The SMILES string of the molecule is COc1cccc(SC2CCCCCCC2N)c1. The standard InChI is InChI=1S/C15H23NOS/c1-17-12-7-6-8-13(11-12)18-15-10-5-3-2-4-9-14(15)16/h6-8,11,14-15H,2-5,9-10,16H2,1H3. The summed E-state index contributed by atoms with van der Waals surface area (Å²) in [5.74, 6) is 0.930. The highest BCUT2D eigenvalue weighted by Crippen LogP contribution is 2.33. The molecule has 1 aromatic carbocycles. The molecule has 3 heteroatoms. The van der Waals surface area contributed by atoms with Crippen LogP contribution in [0.5, 0.6) is 5.75 Å². The average Bonchev–Trinajstić information content (AvgIpc) is 2.39. The van der Waals surface area contributed by atoms with E-state index < -0.39 is 0 Å². The predicted octanol–water partition coefficient (Wildman–Crippen LogP) is 3.84. The molecule has 0 saturated heterocycles. The van der Waals surface area contributed by atoms with Gasteiger partial charge in [-0.3, -0.25) is 0 Å². The molecular formula is C15H23NOS. The number of benzene rings is 1. The first-order chi connectivity index (χ1) is 8.79. The van der Waals surface area contributed by atoms with Crippen LogP contribution >= 0.6 is 11.8 Å². The van der Waals surface area contributed by atoms with Gasteiger partial charge in [-0.15, -0.1) is 11.8 Å². The Labute approximate surface area is 114 Å². The molecule has 1 aliphatic carbocycles. The van der Waals surface area contributed by atoms with Gasteiger partial charge in [0.05, 0.1) is 7.11 Å². The maximum atomic E-state index is 6.31. The molecule has 0 aromatic heterocycles. The maximum Gasteiger partial charge on any atom is 0.119 e. The van der Waals surface area contributed by atoms with Crippen molar-refractivity contribution in [2.45, 2.75) is 54.7 Å². The Morgan fingerprint density at radius 2 is 1.94 bits per heavy atom. The van der Waals surface area contributed by atoms with Gasteiger partial charge in [-0.1, -0.05) is 31.7 Å². The van der Waals surface area contributed by atoms with Crippen LogP contribution < -0.4 is 10.5 Å². The van der Waals surface area contributed by atoms with E-state index in [2.05, 4.69) is 18.2 Å². The number of thioether (sulfide) groups is 1. The molecule has 2 atom stereocenters. The van der Waals surface area contributed by atoms with Gasteiger partial charge in [0.15, 0.2) is 0 Å². The fourth-order valence-electron chi connectivity index (χ4n) is 2.47. The predicted molar refractivity (Wildman–Crippen MR) is 78.3 cm³/mol. The van der Waals surface area contributed by atoms with Gasteiger partial charge < -0.3 is 10.5 Å². The summed E-state index contributed by atoms with van der Waals surface area (Å²) in [6, 6.07) is 8.63. The first-order valence-electron chi connectivity index (χ1n) is 6.86. The van der Waals surface area contributed by atoms with Crippen molar-refractivity contribution in [3.05, 3.63) is 24.3 Å². The lowest BCUT2D eigenvalue weighted by Gasteiger charge is -2.25. The molecule has 2 rings (SSSR count). The highest BCUT2D eigenvalue weighted by Gasteiger charge is 2.20. The zero-order chi connectivity index (χ0) is 12.8. The molecule has 0 radical (unpaired) electrons. The lowest BCUT2D eigenvalue weighted by molar-refractivity contribution is 0.413. The zero-order valence-electron chi connectivity index (χ0n) is 11.1. The van der Waals surface area contributed by atoms with Crippen LogP contribution in [-0.2, 0) is 0 Å². The Hall–Kier alpha value is -0.670. The molecular weight excluding hydrogens is 242 g/mol. The molecule has 0 bridgehead atoms. The van der Waals surface area contributed by atoms with Crippen LogP contribution in [0.25, 0.3) is 0 Å². The zero-order valence-corrected chi connectivity index (χ0v) is 11.9. The fraction of sp³-hybridized carbons (Fsp3) is 0.600. The maximum absolute atomic E-state index is 6.31. The van der Waals surface area contributed by atoms with Crippen LogP contribution in [-0.4, -0.2) is 18.4 Å². The van der Waals surface area contributed by atoms with E-state index >= 15 is 0 Å². The second-order valence-corrected chi connectivity index (χ2v) is 6.30. The Morgan fingerprint density at radius 3 is 2.72 bits per heavy atom. The molecule has 2 unspecified atom stereocenters. The summed E-state index contributed by atoms with van der Waals surface area (Å²) in [5.41, 5.74) is 6.31. The molecule has 2 nitrogen and oxygen atoms in total. The molecule has 0 aliphatic heterocycles. The molecule has 2 N–H and O–H groups in total. The fourth-order valence-corrected chi connectivity index (χ4v) is 3.76. The Kier molecular flexibility index (Phi) is 5.39. The number of hydrogen-bond donors (Lipinski definition) is 1. The molecule has 18 heavy (non-hydrogen) atoms. The van der Waals surface area contributed by atoms with Gasteiger partial charge in [0.2, 0.25) is 0 Å². The van der Waals surface area contributed by atoms with Crippen LogP contribution in [0, 0.1) is 0 Å². The first-order valence-corrected chi connectivity index (χ1v) is 7.74. The molecule has 1 aliphatic rings. The average molecular weight is 265 g/mol. The van der Waals surface area contributed by atoms with Crippen molar-refractivity contribution in [1.82, 2.24) is 0 Å². The van der Waals surface area contributed by atoms with Gasteiger partial charge in [0.1, 0.15) is 5.75 Å². The van der Waals surface area contributed by atoms with E-state index in [4.69, 9.17) is 10.5 Å². The minimum Gasteiger partial charge on any atom is -0.497 e. The first kappa shape index (κ1) is 13.8. The van der Waals surface area contributed by atoms with Crippen molar-refractivity contribution in [2.24, 2.45) is 5.73 Å². The van der Waals surface area contributed by atoms with Gasteiger partial charge in [0.25, 0.3) is 0 Å². The minimum absolute atomic E-state index is 0.335. The number of ether oxygens (including phenoxy) is 1. The highest BCUT2D eigenvalue weighted by molar-refractivity contribution is 8.00. The molecule has 0 spiro atoms. The Morgan fingerprint density at radius 1 is 1.17 bits per heavy atom. The van der Waals surface area contributed by atoms with E-state index in [1.165, 1.54) is 43.4 Å². The third kappa shape index (κ3) is 3.92. The summed E-state index contributed by atoms with van der Waals surface area (Å²) >= 11 is 1.92. The van der Waals surface area contributed by atoms with Crippen molar-refractivity contribution in [3.8, 4) is 5.75 Å². The topological polar surface area (TPSA) is 35.2 Å². The van der Waals surface area contributed by atoms with Gasteiger partial charge in [-0.05, 0) is 31.0 Å². The summed E-state index contributed by atoms with van der Waals surface area (Å²) in [6.45, 7) is 0. The number of hydrogen-bond acceptors (Lipinski definition) is 3. The summed E-state index contributed by atoms with van der Waals surface area (Å²) < 4.78 is 5.27. The van der Waals surface area contributed by atoms with Crippen LogP contribution in [0.2, 0.25) is 0 Å². The monoisotopic (exact) mass is 265 g/mol. The summed E-state index contributed by atoms with van der Waals surface area (Å²) in [7, 11) is 1.71. The second kappa shape index (κ2) is 7.05. The summed E-state index contributed by atoms with van der Waals surface area (Å²) in [5, 5.41) is 0.553. The normalized spacial score (nSPS) is 25.2. The van der Waals surface area contributed by atoms with Crippen LogP contribution in [0.4, 0.5) is 0 Å². The van der Waals surface area contributed by atoms with E-state index in [1.807, 2.05) is 17.8 Å². The number of methoxy groups -OCH3 is 1. The van der Waals surface area contributed by atoms with Crippen LogP contribution in [0.15, 0.2) is 29.2 Å². The van der Waals surface area contributed by atoms with Gasteiger partial charge in [-0.25, -0.2) is 0 Å². The van der Waals surface area contributed by atoms with Crippen LogP contribution in [0.1, 0.15) is 38.5 Å². The van der Waals surface area contributed by atoms with E-state index in [0.29, 0.717) is 11.3 Å². The Bertz CT molecular complexity index is 369. The third-order valence-electron chi connectivity index (χ3n) is 3.58. The summed E-state index contributed by atoms with van der Waals surface area (Å²) in [4.78, 5) is 1.27. The molecule has 0 heterocycles. The van der Waals surface area contributed by atoms with Gasteiger partial charge in [0, 0.05) is 16.2 Å². The number of nitrogens with two attached hydrogens (primary N) is 1. The van der Waals surface area contributed by atoms with Crippen LogP contribution in [0.3, 0.4) is 0 Å². The smallest absolute Gasteiger partial charge is 0.119 e. The van der Waals surface area contributed by atoms with Crippen molar-refractivity contribution in [2.75, 3.05) is 7.11 Å². The highest BCUT2D eigenvalue weighted by atomic mass is 32.2. The van der Waals surface area contributed by atoms with E-state index in [1.54, 1.807) is 7.11 Å². The lowest BCUT2D eigenvalue weighted by atomic mass is 9.97. The molecule has 1 aromatic rings. The van der Waals surface area contributed by atoms with E-state index in [-0.39, 0.29) is 0 Å². The van der Waals surface area contributed by atoms with Gasteiger partial charge >= 0.3 is 0 Å².